The Hall–Kier alpha value is -3.59. The summed E-state index contributed by atoms with van der Waals surface area (Å²) in [5, 5.41) is 9.77. The van der Waals surface area contributed by atoms with Gasteiger partial charge in [-0.05, 0) is 58.3 Å². The summed E-state index contributed by atoms with van der Waals surface area (Å²) in [6, 6.07) is 33.9. The lowest BCUT2D eigenvalue weighted by molar-refractivity contribution is 0.415. The Labute approximate surface area is 170 Å². The minimum absolute atomic E-state index is 0.153. The molecule has 0 radical (unpaired) electrons. The van der Waals surface area contributed by atoms with E-state index in [2.05, 4.69) is 83.9 Å². The van der Waals surface area contributed by atoms with Crippen molar-refractivity contribution >= 4 is 22.2 Å². The Morgan fingerprint density at radius 1 is 0.793 bits per heavy atom. The summed E-state index contributed by atoms with van der Waals surface area (Å²) in [5.41, 5.74) is 4.64. The SMILES string of the molecule is COc1ccc(C2=NN(c3ccccc3)C(c3cccc4ccccc34)C2)cc1. The van der Waals surface area contributed by atoms with E-state index in [1.54, 1.807) is 7.11 Å². The summed E-state index contributed by atoms with van der Waals surface area (Å²) < 4.78 is 5.31. The van der Waals surface area contributed by atoms with Crippen LogP contribution < -0.4 is 9.75 Å². The third-order valence-electron chi connectivity index (χ3n) is 5.54. The number of ether oxygens (including phenoxy) is 1. The molecule has 1 heterocycles. The quantitative estimate of drug-likeness (QED) is 0.422. The van der Waals surface area contributed by atoms with Crippen molar-refractivity contribution in [3.63, 3.8) is 0 Å². The highest BCUT2D eigenvalue weighted by molar-refractivity contribution is 6.04. The van der Waals surface area contributed by atoms with Gasteiger partial charge in [0.1, 0.15) is 5.75 Å². The third kappa shape index (κ3) is 3.25. The van der Waals surface area contributed by atoms with Gasteiger partial charge in [0.2, 0.25) is 0 Å². The van der Waals surface area contributed by atoms with Gasteiger partial charge in [0.25, 0.3) is 0 Å². The van der Waals surface area contributed by atoms with Crippen LogP contribution in [0.1, 0.15) is 23.6 Å². The average molecular weight is 378 g/mol. The third-order valence-corrected chi connectivity index (χ3v) is 5.54. The molecule has 5 rings (SSSR count). The number of nitrogens with zero attached hydrogens (tertiary/aromatic N) is 2. The van der Waals surface area contributed by atoms with Gasteiger partial charge in [0.05, 0.1) is 24.6 Å². The molecule has 0 fully saturated rings. The zero-order valence-corrected chi connectivity index (χ0v) is 16.3. The lowest BCUT2D eigenvalue weighted by Crippen LogP contribution is -2.18. The number of hydrogen-bond donors (Lipinski definition) is 0. The van der Waals surface area contributed by atoms with Crippen LogP contribution in [0, 0.1) is 0 Å². The molecular formula is C26H22N2O. The van der Waals surface area contributed by atoms with Gasteiger partial charge >= 0.3 is 0 Å². The fourth-order valence-electron chi connectivity index (χ4n) is 4.07. The molecule has 0 saturated carbocycles. The highest BCUT2D eigenvalue weighted by Crippen LogP contribution is 2.39. The van der Waals surface area contributed by atoms with Crippen LogP contribution >= 0.6 is 0 Å². The molecule has 4 aromatic rings. The number of rotatable bonds is 4. The van der Waals surface area contributed by atoms with Crippen molar-refractivity contribution in [3.05, 3.63) is 108 Å². The van der Waals surface area contributed by atoms with Crippen LogP contribution in [0.2, 0.25) is 0 Å². The minimum atomic E-state index is 0.153. The molecule has 4 aromatic carbocycles. The Morgan fingerprint density at radius 3 is 2.31 bits per heavy atom. The van der Waals surface area contributed by atoms with Gasteiger partial charge in [-0.2, -0.15) is 5.10 Å². The van der Waals surface area contributed by atoms with Crippen LogP contribution in [0.25, 0.3) is 10.8 Å². The van der Waals surface area contributed by atoms with Crippen molar-refractivity contribution in [2.75, 3.05) is 12.1 Å². The maximum Gasteiger partial charge on any atom is 0.118 e. The number of fused-ring (bicyclic) bond motifs is 1. The van der Waals surface area contributed by atoms with Crippen LogP contribution in [0.15, 0.2) is 102 Å². The summed E-state index contributed by atoms with van der Waals surface area (Å²) in [6.45, 7) is 0. The number of anilines is 1. The number of hydrazone groups is 1. The Bertz CT molecular complexity index is 1160. The lowest BCUT2D eigenvalue weighted by atomic mass is 9.94. The molecular weight excluding hydrogens is 356 g/mol. The van der Waals surface area contributed by atoms with Crippen LogP contribution in [-0.2, 0) is 0 Å². The van der Waals surface area contributed by atoms with Gasteiger partial charge in [0, 0.05) is 6.42 Å². The summed E-state index contributed by atoms with van der Waals surface area (Å²) in [5.74, 6) is 0.859. The molecule has 0 bridgehead atoms. The zero-order chi connectivity index (χ0) is 19.6. The Balaban J connectivity index is 1.60. The van der Waals surface area contributed by atoms with E-state index in [4.69, 9.17) is 9.84 Å². The standard InChI is InChI=1S/C26H22N2O/c1-29-22-16-14-20(15-17-22)25-18-26(28(27-25)21-10-3-2-4-11-21)24-13-7-9-19-8-5-6-12-23(19)24/h2-17,26H,18H2,1H3. The van der Waals surface area contributed by atoms with Crippen LogP contribution in [0.4, 0.5) is 5.69 Å². The molecule has 1 atom stereocenters. The monoisotopic (exact) mass is 378 g/mol. The van der Waals surface area contributed by atoms with E-state index in [0.29, 0.717) is 0 Å². The van der Waals surface area contributed by atoms with E-state index in [1.807, 2.05) is 18.2 Å². The molecule has 29 heavy (non-hydrogen) atoms. The summed E-state index contributed by atoms with van der Waals surface area (Å²) in [4.78, 5) is 0. The number of benzene rings is 4. The topological polar surface area (TPSA) is 24.8 Å². The highest BCUT2D eigenvalue weighted by atomic mass is 16.5. The predicted octanol–water partition coefficient (Wildman–Crippen LogP) is 6.20. The van der Waals surface area contributed by atoms with Crippen molar-refractivity contribution in [3.8, 4) is 5.75 Å². The van der Waals surface area contributed by atoms with E-state index in [-0.39, 0.29) is 6.04 Å². The maximum absolute atomic E-state index is 5.31. The predicted molar refractivity (Wildman–Crippen MR) is 120 cm³/mol. The molecule has 0 aromatic heterocycles. The molecule has 3 nitrogen and oxygen atoms in total. The molecule has 0 N–H and O–H groups in total. The van der Waals surface area contributed by atoms with Crippen molar-refractivity contribution in [2.45, 2.75) is 12.5 Å². The largest absolute Gasteiger partial charge is 0.497 e. The van der Waals surface area contributed by atoms with Crippen molar-refractivity contribution < 1.29 is 4.74 Å². The van der Waals surface area contributed by atoms with Gasteiger partial charge < -0.3 is 4.74 Å². The molecule has 1 aliphatic heterocycles. The molecule has 0 spiro atoms. The molecule has 1 unspecified atom stereocenters. The van der Waals surface area contributed by atoms with E-state index in [0.717, 1.165) is 29.1 Å². The van der Waals surface area contributed by atoms with Crippen molar-refractivity contribution in [1.29, 1.82) is 0 Å². The summed E-state index contributed by atoms with van der Waals surface area (Å²) in [7, 11) is 1.69. The zero-order valence-electron chi connectivity index (χ0n) is 16.3. The minimum Gasteiger partial charge on any atom is -0.497 e. The first-order valence-electron chi connectivity index (χ1n) is 9.87. The molecule has 0 aliphatic carbocycles. The van der Waals surface area contributed by atoms with Gasteiger partial charge in [-0.3, -0.25) is 5.01 Å². The van der Waals surface area contributed by atoms with Crippen LogP contribution in [0.5, 0.6) is 5.75 Å². The maximum atomic E-state index is 5.31. The van der Waals surface area contributed by atoms with Gasteiger partial charge in [-0.15, -0.1) is 0 Å². The van der Waals surface area contributed by atoms with Crippen LogP contribution in [-0.4, -0.2) is 12.8 Å². The molecule has 0 saturated heterocycles. The smallest absolute Gasteiger partial charge is 0.118 e. The van der Waals surface area contributed by atoms with Crippen molar-refractivity contribution in [1.82, 2.24) is 0 Å². The molecule has 3 heteroatoms. The van der Waals surface area contributed by atoms with E-state index in [1.165, 1.54) is 16.3 Å². The lowest BCUT2D eigenvalue weighted by Gasteiger charge is -2.25. The molecule has 0 amide bonds. The van der Waals surface area contributed by atoms with E-state index in [9.17, 15) is 0 Å². The summed E-state index contributed by atoms with van der Waals surface area (Å²) >= 11 is 0. The second-order valence-corrected chi connectivity index (χ2v) is 7.24. The first-order valence-corrected chi connectivity index (χ1v) is 9.87. The van der Waals surface area contributed by atoms with Gasteiger partial charge in [-0.1, -0.05) is 60.7 Å². The van der Waals surface area contributed by atoms with Gasteiger partial charge in [0.15, 0.2) is 0 Å². The average Bonchev–Trinajstić information content (AvgIpc) is 3.24. The van der Waals surface area contributed by atoms with Crippen LogP contribution in [0.3, 0.4) is 0 Å². The number of hydrogen-bond acceptors (Lipinski definition) is 3. The first-order chi connectivity index (χ1) is 14.3. The number of para-hydroxylation sites is 1. The van der Waals surface area contributed by atoms with Gasteiger partial charge in [-0.25, -0.2) is 0 Å². The number of methoxy groups -OCH3 is 1. The molecule has 1 aliphatic rings. The second-order valence-electron chi connectivity index (χ2n) is 7.24. The Morgan fingerprint density at radius 2 is 1.52 bits per heavy atom. The first kappa shape index (κ1) is 17.5. The second kappa shape index (κ2) is 7.44. The summed E-state index contributed by atoms with van der Waals surface area (Å²) in [6.07, 6.45) is 0.856. The highest BCUT2D eigenvalue weighted by Gasteiger charge is 2.30. The van der Waals surface area contributed by atoms with Crippen molar-refractivity contribution in [2.24, 2.45) is 5.10 Å². The van der Waals surface area contributed by atoms with E-state index >= 15 is 0 Å². The normalized spacial score (nSPS) is 16.1. The molecule has 142 valence electrons. The fraction of sp³-hybridized carbons (Fsp3) is 0.115. The Kier molecular flexibility index (Phi) is 4.49. The van der Waals surface area contributed by atoms with E-state index < -0.39 is 0 Å². The fourth-order valence-corrected chi connectivity index (χ4v) is 4.07.